The molecular weight excluding hydrogens is 352 g/mol. The molecule has 2 aromatic heterocycles. The van der Waals surface area contributed by atoms with Gasteiger partial charge in [0.1, 0.15) is 10.7 Å². The first-order valence-electron chi connectivity index (χ1n) is 6.24. The molecule has 0 aliphatic heterocycles. The van der Waals surface area contributed by atoms with E-state index in [9.17, 15) is 4.79 Å². The molecule has 0 aliphatic carbocycles. The number of rotatable bonds is 3. The number of halogens is 1. The molecule has 0 fully saturated rings. The summed E-state index contributed by atoms with van der Waals surface area (Å²) >= 11 is 5.01. The highest BCUT2D eigenvalue weighted by Crippen LogP contribution is 2.31. The van der Waals surface area contributed by atoms with Crippen LogP contribution in [-0.2, 0) is 16.0 Å². The molecule has 0 N–H and O–H groups in total. The molecule has 0 amide bonds. The second-order valence-corrected chi connectivity index (χ2v) is 6.12. The molecule has 21 heavy (non-hydrogen) atoms. The van der Waals surface area contributed by atoms with E-state index in [1.165, 1.54) is 18.4 Å². The van der Waals surface area contributed by atoms with Crippen molar-refractivity contribution in [1.29, 1.82) is 0 Å². The molecule has 0 radical (unpaired) electrons. The zero-order chi connectivity index (χ0) is 14.8. The predicted octanol–water partition coefficient (Wildman–Crippen LogP) is 3.84. The number of pyridine rings is 1. The molecule has 4 nitrogen and oxygen atoms in total. The second-order valence-electron chi connectivity index (χ2n) is 4.41. The molecule has 0 saturated carbocycles. The van der Waals surface area contributed by atoms with Gasteiger partial charge >= 0.3 is 5.97 Å². The molecule has 0 saturated heterocycles. The van der Waals surface area contributed by atoms with Crippen molar-refractivity contribution in [3.8, 4) is 10.7 Å². The number of fused-ring (bicyclic) bond motifs is 1. The minimum absolute atomic E-state index is 0.179. The van der Waals surface area contributed by atoms with Gasteiger partial charge in [-0.25, -0.2) is 9.97 Å². The lowest BCUT2D eigenvalue weighted by molar-refractivity contribution is -0.139. The largest absolute Gasteiger partial charge is 0.469 e. The minimum Gasteiger partial charge on any atom is -0.469 e. The number of methoxy groups -OCH3 is 1. The van der Waals surface area contributed by atoms with Gasteiger partial charge in [0.2, 0.25) is 0 Å². The number of nitrogens with zero attached hydrogens (tertiary/aromatic N) is 2. The van der Waals surface area contributed by atoms with E-state index in [2.05, 4.69) is 30.6 Å². The number of carbonyl (C=O) groups excluding carboxylic acids is 1. The summed E-state index contributed by atoms with van der Waals surface area (Å²) in [4.78, 5) is 20.4. The molecular formula is C15H11BrN2O2S. The maximum Gasteiger partial charge on any atom is 0.311 e. The number of hydrogen-bond donors (Lipinski definition) is 0. The summed E-state index contributed by atoms with van der Waals surface area (Å²) in [5, 5.41) is 3.71. The van der Waals surface area contributed by atoms with Crippen LogP contribution in [0.3, 0.4) is 0 Å². The smallest absolute Gasteiger partial charge is 0.311 e. The van der Waals surface area contributed by atoms with Crippen molar-refractivity contribution in [2.24, 2.45) is 0 Å². The number of carbonyl (C=O) groups is 1. The summed E-state index contributed by atoms with van der Waals surface area (Å²) < 4.78 is 5.54. The SMILES string of the molecule is COC(=O)Cc1csc(-c2nc3ccccc3cc2Br)n1. The van der Waals surface area contributed by atoms with E-state index in [0.717, 1.165) is 26.1 Å². The van der Waals surface area contributed by atoms with Crippen molar-refractivity contribution in [3.05, 3.63) is 45.9 Å². The number of ether oxygens (including phenoxy) is 1. The number of aromatic nitrogens is 2. The van der Waals surface area contributed by atoms with E-state index in [-0.39, 0.29) is 12.4 Å². The minimum atomic E-state index is -0.294. The summed E-state index contributed by atoms with van der Waals surface area (Å²) in [6.45, 7) is 0. The first kappa shape index (κ1) is 14.2. The Balaban J connectivity index is 2.00. The Morgan fingerprint density at radius 2 is 2.14 bits per heavy atom. The van der Waals surface area contributed by atoms with Gasteiger partial charge in [-0.2, -0.15) is 0 Å². The first-order valence-corrected chi connectivity index (χ1v) is 7.91. The third-order valence-corrected chi connectivity index (χ3v) is 4.49. The zero-order valence-electron chi connectivity index (χ0n) is 11.2. The fourth-order valence-corrected chi connectivity index (χ4v) is 3.43. The summed E-state index contributed by atoms with van der Waals surface area (Å²) in [5.74, 6) is -0.294. The Hall–Kier alpha value is -1.79. The van der Waals surface area contributed by atoms with Crippen LogP contribution in [0.1, 0.15) is 5.69 Å². The number of benzene rings is 1. The van der Waals surface area contributed by atoms with E-state index in [1.807, 2.05) is 35.7 Å². The molecule has 3 aromatic rings. The monoisotopic (exact) mass is 362 g/mol. The van der Waals surface area contributed by atoms with Crippen molar-refractivity contribution in [2.45, 2.75) is 6.42 Å². The lowest BCUT2D eigenvalue weighted by atomic mass is 10.2. The number of hydrogen-bond acceptors (Lipinski definition) is 5. The number of para-hydroxylation sites is 1. The molecule has 6 heteroatoms. The van der Waals surface area contributed by atoms with Crippen molar-refractivity contribution < 1.29 is 9.53 Å². The Morgan fingerprint density at radius 1 is 1.33 bits per heavy atom. The van der Waals surface area contributed by atoms with Crippen LogP contribution in [0.4, 0.5) is 0 Å². The molecule has 1 aromatic carbocycles. The van der Waals surface area contributed by atoms with Crippen LogP contribution < -0.4 is 0 Å². The first-order chi connectivity index (χ1) is 10.2. The third kappa shape index (κ3) is 2.96. The van der Waals surface area contributed by atoms with E-state index in [0.29, 0.717) is 5.69 Å². The van der Waals surface area contributed by atoms with Crippen LogP contribution in [0.15, 0.2) is 40.2 Å². The standard InChI is InChI=1S/C15H11BrN2O2S/c1-20-13(19)7-10-8-21-15(17-10)14-11(16)6-9-4-2-3-5-12(9)18-14/h2-6,8H,7H2,1H3. The van der Waals surface area contributed by atoms with Crippen LogP contribution in [0.2, 0.25) is 0 Å². The number of esters is 1. The molecule has 0 bridgehead atoms. The maximum atomic E-state index is 11.3. The third-order valence-electron chi connectivity index (χ3n) is 2.98. The Morgan fingerprint density at radius 3 is 2.95 bits per heavy atom. The van der Waals surface area contributed by atoms with Gasteiger partial charge in [0.25, 0.3) is 0 Å². The van der Waals surface area contributed by atoms with Crippen molar-refractivity contribution in [1.82, 2.24) is 9.97 Å². The van der Waals surface area contributed by atoms with Gasteiger partial charge in [0.05, 0.1) is 24.7 Å². The quantitative estimate of drug-likeness (QED) is 0.664. The fourth-order valence-electron chi connectivity index (χ4n) is 1.96. The van der Waals surface area contributed by atoms with E-state index < -0.39 is 0 Å². The average Bonchev–Trinajstić information content (AvgIpc) is 2.94. The highest BCUT2D eigenvalue weighted by atomic mass is 79.9. The van der Waals surface area contributed by atoms with Gasteiger partial charge in [-0.15, -0.1) is 11.3 Å². The molecule has 0 aliphatic rings. The van der Waals surface area contributed by atoms with Gasteiger partial charge < -0.3 is 4.74 Å². The Labute approximate surface area is 133 Å². The number of thiazole rings is 1. The second kappa shape index (κ2) is 5.91. The maximum absolute atomic E-state index is 11.3. The fraction of sp³-hybridized carbons (Fsp3) is 0.133. The molecule has 0 spiro atoms. The van der Waals surface area contributed by atoms with Crippen LogP contribution >= 0.6 is 27.3 Å². The Bertz CT molecular complexity index is 816. The highest BCUT2D eigenvalue weighted by Gasteiger charge is 2.13. The van der Waals surface area contributed by atoms with Gasteiger partial charge in [-0.3, -0.25) is 4.79 Å². The average molecular weight is 363 g/mol. The van der Waals surface area contributed by atoms with E-state index in [1.54, 1.807) is 0 Å². The molecule has 3 rings (SSSR count). The van der Waals surface area contributed by atoms with E-state index in [4.69, 9.17) is 0 Å². The Kier molecular flexibility index (Phi) is 3.98. The van der Waals surface area contributed by atoms with Crippen molar-refractivity contribution >= 4 is 44.1 Å². The summed E-state index contributed by atoms with van der Waals surface area (Å²) in [6, 6.07) is 9.94. The zero-order valence-corrected chi connectivity index (χ0v) is 13.6. The molecule has 106 valence electrons. The van der Waals surface area contributed by atoms with Crippen LogP contribution in [0.25, 0.3) is 21.6 Å². The van der Waals surface area contributed by atoms with Gasteiger partial charge in [-0.1, -0.05) is 18.2 Å². The van der Waals surface area contributed by atoms with Gasteiger partial charge in [0.15, 0.2) is 0 Å². The molecule has 0 unspecified atom stereocenters. The summed E-state index contributed by atoms with van der Waals surface area (Å²) in [7, 11) is 1.37. The lowest BCUT2D eigenvalue weighted by Gasteiger charge is -2.03. The normalized spacial score (nSPS) is 10.8. The van der Waals surface area contributed by atoms with Crippen LogP contribution in [0, 0.1) is 0 Å². The van der Waals surface area contributed by atoms with Gasteiger partial charge in [-0.05, 0) is 28.1 Å². The summed E-state index contributed by atoms with van der Waals surface area (Å²) in [6.07, 6.45) is 0.179. The topological polar surface area (TPSA) is 52.1 Å². The molecule has 2 heterocycles. The van der Waals surface area contributed by atoms with Crippen molar-refractivity contribution in [3.63, 3.8) is 0 Å². The van der Waals surface area contributed by atoms with Crippen molar-refractivity contribution in [2.75, 3.05) is 7.11 Å². The molecule has 0 atom stereocenters. The highest BCUT2D eigenvalue weighted by molar-refractivity contribution is 9.10. The van der Waals surface area contributed by atoms with Crippen LogP contribution in [-0.4, -0.2) is 23.0 Å². The summed E-state index contributed by atoms with van der Waals surface area (Å²) in [5.41, 5.74) is 2.40. The van der Waals surface area contributed by atoms with Gasteiger partial charge in [0, 0.05) is 15.2 Å². The van der Waals surface area contributed by atoms with Crippen LogP contribution in [0.5, 0.6) is 0 Å². The van der Waals surface area contributed by atoms with E-state index >= 15 is 0 Å². The lowest BCUT2D eigenvalue weighted by Crippen LogP contribution is -2.04. The predicted molar refractivity (Wildman–Crippen MR) is 86.3 cm³/mol.